The number of nitrogens with zero attached hydrogens (tertiary/aromatic N) is 1. The normalized spacial score (nSPS) is 20.7. The van der Waals surface area contributed by atoms with Crippen LogP contribution in [0, 0.1) is 17.2 Å². The SMILES string of the molecule is CC(C)C(C)CN1CCCC1=N. The summed E-state index contributed by atoms with van der Waals surface area (Å²) < 4.78 is 0. The topological polar surface area (TPSA) is 27.1 Å². The summed E-state index contributed by atoms with van der Waals surface area (Å²) in [6.07, 6.45) is 2.18. The van der Waals surface area contributed by atoms with E-state index in [4.69, 9.17) is 5.41 Å². The molecule has 0 aromatic heterocycles. The Hall–Kier alpha value is -0.530. The molecule has 1 fully saturated rings. The molecule has 1 aliphatic heterocycles. The van der Waals surface area contributed by atoms with Gasteiger partial charge in [0.05, 0.1) is 5.84 Å². The van der Waals surface area contributed by atoms with Gasteiger partial charge in [0.2, 0.25) is 0 Å². The van der Waals surface area contributed by atoms with Crippen molar-refractivity contribution in [3.8, 4) is 0 Å². The minimum atomic E-state index is 0.712. The van der Waals surface area contributed by atoms with Gasteiger partial charge in [-0.25, -0.2) is 0 Å². The van der Waals surface area contributed by atoms with Gasteiger partial charge in [0.15, 0.2) is 0 Å². The molecular formula is C10H20N2. The molecule has 1 aliphatic rings. The van der Waals surface area contributed by atoms with Crippen LogP contribution in [0.1, 0.15) is 33.6 Å². The van der Waals surface area contributed by atoms with Gasteiger partial charge in [0.25, 0.3) is 0 Å². The van der Waals surface area contributed by atoms with E-state index in [1.54, 1.807) is 0 Å². The summed E-state index contributed by atoms with van der Waals surface area (Å²) in [5, 5.41) is 7.67. The smallest absolute Gasteiger partial charge is 0.0958 e. The summed E-state index contributed by atoms with van der Waals surface area (Å²) in [6, 6.07) is 0. The highest BCUT2D eigenvalue weighted by Crippen LogP contribution is 2.16. The van der Waals surface area contributed by atoms with Crippen LogP contribution in [-0.2, 0) is 0 Å². The summed E-state index contributed by atoms with van der Waals surface area (Å²) >= 11 is 0. The molecule has 1 unspecified atom stereocenters. The van der Waals surface area contributed by atoms with E-state index < -0.39 is 0 Å². The van der Waals surface area contributed by atoms with E-state index >= 15 is 0 Å². The van der Waals surface area contributed by atoms with Gasteiger partial charge in [0, 0.05) is 19.5 Å². The second kappa shape index (κ2) is 3.92. The van der Waals surface area contributed by atoms with E-state index in [2.05, 4.69) is 25.7 Å². The summed E-state index contributed by atoms with van der Waals surface area (Å²) in [5.41, 5.74) is 0. The van der Waals surface area contributed by atoms with Crippen molar-refractivity contribution in [1.82, 2.24) is 4.90 Å². The number of hydrogen-bond donors (Lipinski definition) is 1. The fourth-order valence-electron chi connectivity index (χ4n) is 1.49. The van der Waals surface area contributed by atoms with Crippen LogP contribution in [0.2, 0.25) is 0 Å². The lowest BCUT2D eigenvalue weighted by Crippen LogP contribution is -2.30. The molecule has 1 rings (SSSR count). The van der Waals surface area contributed by atoms with E-state index in [1.165, 1.54) is 6.42 Å². The largest absolute Gasteiger partial charge is 0.360 e. The fourth-order valence-corrected chi connectivity index (χ4v) is 1.49. The Labute approximate surface area is 75.5 Å². The maximum atomic E-state index is 7.67. The van der Waals surface area contributed by atoms with Crippen LogP contribution in [0.5, 0.6) is 0 Å². The zero-order valence-corrected chi connectivity index (χ0v) is 8.43. The highest BCUT2D eigenvalue weighted by atomic mass is 15.2. The number of amidine groups is 1. The number of rotatable bonds is 3. The fraction of sp³-hybridized carbons (Fsp3) is 0.900. The molecule has 0 amide bonds. The van der Waals surface area contributed by atoms with Gasteiger partial charge in [0.1, 0.15) is 0 Å². The first-order valence-corrected chi connectivity index (χ1v) is 4.93. The van der Waals surface area contributed by atoms with Crippen LogP contribution >= 0.6 is 0 Å². The molecule has 0 bridgehead atoms. The third-order valence-electron chi connectivity index (χ3n) is 2.87. The summed E-state index contributed by atoms with van der Waals surface area (Å²) in [6.45, 7) is 8.97. The molecule has 0 spiro atoms. The number of nitrogens with one attached hydrogen (secondary N) is 1. The summed E-state index contributed by atoms with van der Waals surface area (Å²) in [7, 11) is 0. The first kappa shape index (κ1) is 9.56. The monoisotopic (exact) mass is 168 g/mol. The Morgan fingerprint density at radius 2 is 2.08 bits per heavy atom. The van der Waals surface area contributed by atoms with Gasteiger partial charge in [-0.15, -0.1) is 0 Å². The van der Waals surface area contributed by atoms with Crippen molar-refractivity contribution in [2.45, 2.75) is 33.6 Å². The standard InChI is InChI=1S/C10H20N2/c1-8(2)9(3)7-12-6-4-5-10(12)11/h8-9,11H,4-7H2,1-3H3. The molecule has 2 heteroatoms. The van der Waals surface area contributed by atoms with Crippen LogP contribution in [0.4, 0.5) is 0 Å². The molecule has 0 aliphatic carbocycles. The van der Waals surface area contributed by atoms with Crippen LogP contribution in [0.15, 0.2) is 0 Å². The van der Waals surface area contributed by atoms with Crippen LogP contribution < -0.4 is 0 Å². The predicted molar refractivity (Wildman–Crippen MR) is 52.5 cm³/mol. The van der Waals surface area contributed by atoms with E-state index in [-0.39, 0.29) is 0 Å². The minimum absolute atomic E-state index is 0.712. The molecule has 70 valence electrons. The van der Waals surface area contributed by atoms with Crippen molar-refractivity contribution < 1.29 is 0 Å². The lowest BCUT2D eigenvalue weighted by Gasteiger charge is -2.24. The Balaban J connectivity index is 2.35. The maximum Gasteiger partial charge on any atom is 0.0958 e. The van der Waals surface area contributed by atoms with Crippen molar-refractivity contribution >= 4 is 5.84 Å². The molecule has 0 aromatic carbocycles. The van der Waals surface area contributed by atoms with Gasteiger partial charge in [-0.05, 0) is 18.3 Å². The van der Waals surface area contributed by atoms with Gasteiger partial charge in [-0.1, -0.05) is 20.8 Å². The first-order valence-electron chi connectivity index (χ1n) is 4.93. The molecule has 0 aromatic rings. The first-order chi connectivity index (χ1) is 5.61. The second-order valence-electron chi connectivity index (χ2n) is 4.22. The Bertz CT molecular complexity index is 163. The second-order valence-corrected chi connectivity index (χ2v) is 4.22. The predicted octanol–water partition coefficient (Wildman–Crippen LogP) is 2.35. The average molecular weight is 168 g/mol. The highest BCUT2D eigenvalue weighted by Gasteiger charge is 2.19. The Kier molecular flexibility index (Phi) is 3.12. The zero-order chi connectivity index (χ0) is 9.14. The molecular weight excluding hydrogens is 148 g/mol. The van der Waals surface area contributed by atoms with E-state index in [0.29, 0.717) is 5.92 Å². The van der Waals surface area contributed by atoms with E-state index in [0.717, 1.165) is 31.3 Å². The van der Waals surface area contributed by atoms with Gasteiger partial charge in [-0.3, -0.25) is 5.41 Å². The quantitative estimate of drug-likeness (QED) is 0.688. The Morgan fingerprint density at radius 3 is 2.50 bits per heavy atom. The molecule has 1 atom stereocenters. The summed E-state index contributed by atoms with van der Waals surface area (Å²) in [5.74, 6) is 2.30. The van der Waals surface area contributed by atoms with Gasteiger partial charge < -0.3 is 4.90 Å². The van der Waals surface area contributed by atoms with Crippen LogP contribution in [0.3, 0.4) is 0 Å². The van der Waals surface area contributed by atoms with E-state index in [1.807, 2.05) is 0 Å². The van der Waals surface area contributed by atoms with Crippen LogP contribution in [-0.4, -0.2) is 23.8 Å². The molecule has 0 saturated carbocycles. The van der Waals surface area contributed by atoms with Crippen molar-refractivity contribution in [2.24, 2.45) is 11.8 Å². The van der Waals surface area contributed by atoms with E-state index in [9.17, 15) is 0 Å². The molecule has 1 N–H and O–H groups in total. The minimum Gasteiger partial charge on any atom is -0.360 e. The van der Waals surface area contributed by atoms with Gasteiger partial charge >= 0.3 is 0 Å². The van der Waals surface area contributed by atoms with Crippen LogP contribution in [0.25, 0.3) is 0 Å². The zero-order valence-electron chi connectivity index (χ0n) is 8.43. The van der Waals surface area contributed by atoms with Crippen molar-refractivity contribution in [2.75, 3.05) is 13.1 Å². The third kappa shape index (κ3) is 2.23. The van der Waals surface area contributed by atoms with Gasteiger partial charge in [-0.2, -0.15) is 0 Å². The molecule has 0 radical (unpaired) electrons. The van der Waals surface area contributed by atoms with Crippen molar-refractivity contribution in [1.29, 1.82) is 5.41 Å². The summed E-state index contributed by atoms with van der Waals surface area (Å²) in [4.78, 5) is 2.23. The van der Waals surface area contributed by atoms with Crippen molar-refractivity contribution in [3.63, 3.8) is 0 Å². The lowest BCUT2D eigenvalue weighted by atomic mass is 9.98. The highest BCUT2D eigenvalue weighted by molar-refractivity contribution is 5.80. The Morgan fingerprint density at radius 1 is 1.42 bits per heavy atom. The maximum absolute atomic E-state index is 7.67. The molecule has 1 heterocycles. The van der Waals surface area contributed by atoms with Crippen molar-refractivity contribution in [3.05, 3.63) is 0 Å². The molecule has 2 nitrogen and oxygen atoms in total. The third-order valence-corrected chi connectivity index (χ3v) is 2.87. The molecule has 12 heavy (non-hydrogen) atoms. The molecule has 1 saturated heterocycles. The number of hydrogen-bond acceptors (Lipinski definition) is 1. The average Bonchev–Trinajstić information content (AvgIpc) is 2.36. The lowest BCUT2D eigenvalue weighted by molar-refractivity contribution is 0.311. The number of likely N-dealkylation sites (tertiary alicyclic amines) is 1.